The molecule has 166 valence electrons. The Hall–Kier alpha value is -2.45. The van der Waals surface area contributed by atoms with Crippen LogP contribution in [-0.2, 0) is 11.2 Å². The van der Waals surface area contributed by atoms with Crippen LogP contribution in [-0.4, -0.2) is 42.5 Å². The fourth-order valence-electron chi connectivity index (χ4n) is 2.69. The van der Waals surface area contributed by atoms with Gasteiger partial charge in [-0.3, -0.25) is 14.9 Å². The number of amides is 2. The van der Waals surface area contributed by atoms with Gasteiger partial charge in [-0.25, -0.2) is 0 Å². The maximum absolute atomic E-state index is 12.7. The van der Waals surface area contributed by atoms with Gasteiger partial charge in [0.15, 0.2) is 5.11 Å². The van der Waals surface area contributed by atoms with Crippen molar-refractivity contribution in [2.75, 3.05) is 26.0 Å². The number of carbonyl (C=O) groups excluding carboxylic acids is 2. The van der Waals surface area contributed by atoms with E-state index in [1.54, 1.807) is 31.1 Å². The lowest BCUT2D eigenvalue weighted by molar-refractivity contribution is -0.128. The van der Waals surface area contributed by atoms with Crippen molar-refractivity contribution in [2.45, 2.75) is 32.6 Å². The molecule has 0 aliphatic heterocycles. The van der Waals surface area contributed by atoms with E-state index in [0.29, 0.717) is 30.8 Å². The number of hydrogen-bond acceptors (Lipinski definition) is 4. The van der Waals surface area contributed by atoms with Crippen molar-refractivity contribution >= 4 is 50.8 Å². The van der Waals surface area contributed by atoms with Crippen LogP contribution in [0.3, 0.4) is 0 Å². The summed E-state index contributed by atoms with van der Waals surface area (Å²) in [5.74, 6) is 0.273. The molecule has 8 heteroatoms. The lowest BCUT2D eigenvalue weighted by atomic mass is 10.1. The molecule has 0 spiro atoms. The maximum atomic E-state index is 12.7. The molecule has 2 aromatic carbocycles. The van der Waals surface area contributed by atoms with Crippen LogP contribution in [0.15, 0.2) is 46.9 Å². The number of rotatable bonds is 9. The molecule has 0 fully saturated rings. The summed E-state index contributed by atoms with van der Waals surface area (Å²) in [4.78, 5) is 26.0. The van der Waals surface area contributed by atoms with Crippen LogP contribution in [0.2, 0.25) is 0 Å². The van der Waals surface area contributed by atoms with Crippen LogP contribution in [0.1, 0.15) is 42.1 Å². The number of carbonyl (C=O) groups is 2. The number of benzene rings is 2. The van der Waals surface area contributed by atoms with Crippen molar-refractivity contribution in [2.24, 2.45) is 0 Å². The predicted molar refractivity (Wildman–Crippen MR) is 132 cm³/mol. The molecule has 2 amide bonds. The number of unbranched alkanes of at least 4 members (excludes halogenated alkanes) is 1. The maximum Gasteiger partial charge on any atom is 0.261 e. The topological polar surface area (TPSA) is 70.7 Å². The predicted octanol–water partition coefficient (Wildman–Crippen LogP) is 4.78. The molecule has 2 N–H and O–H groups in total. The van der Waals surface area contributed by atoms with Crippen molar-refractivity contribution in [3.63, 3.8) is 0 Å². The van der Waals surface area contributed by atoms with Crippen LogP contribution in [0.4, 0.5) is 5.69 Å². The highest BCUT2D eigenvalue weighted by Gasteiger charge is 2.15. The molecule has 0 saturated heterocycles. The van der Waals surface area contributed by atoms with Gasteiger partial charge < -0.3 is 15.0 Å². The monoisotopic (exact) mass is 505 g/mol. The minimum Gasteiger partial charge on any atom is -0.493 e. The van der Waals surface area contributed by atoms with E-state index in [2.05, 4.69) is 33.5 Å². The van der Waals surface area contributed by atoms with Crippen LogP contribution < -0.4 is 15.4 Å². The lowest BCUT2D eigenvalue weighted by Crippen LogP contribution is -2.34. The Morgan fingerprint density at radius 1 is 1.13 bits per heavy atom. The van der Waals surface area contributed by atoms with Crippen molar-refractivity contribution in [3.05, 3.63) is 58.1 Å². The first kappa shape index (κ1) is 24.8. The van der Waals surface area contributed by atoms with Gasteiger partial charge in [-0.15, -0.1) is 0 Å². The smallest absolute Gasteiger partial charge is 0.261 e. The number of nitrogens with zero attached hydrogens (tertiary/aromatic N) is 1. The third-order valence-corrected chi connectivity index (χ3v) is 5.20. The van der Waals surface area contributed by atoms with E-state index in [4.69, 9.17) is 17.0 Å². The molecule has 0 unspecified atom stereocenters. The molecule has 0 aliphatic rings. The van der Waals surface area contributed by atoms with Crippen molar-refractivity contribution < 1.29 is 14.3 Å². The first-order valence-electron chi connectivity index (χ1n) is 10.1. The third kappa shape index (κ3) is 8.30. The van der Waals surface area contributed by atoms with Gasteiger partial charge in [0.1, 0.15) is 5.75 Å². The van der Waals surface area contributed by atoms with Crippen molar-refractivity contribution in [1.29, 1.82) is 0 Å². The molecule has 0 saturated carbocycles. The number of nitrogens with one attached hydrogen (secondary N) is 2. The quantitative estimate of drug-likeness (QED) is 0.379. The minimum absolute atomic E-state index is 0.0942. The summed E-state index contributed by atoms with van der Waals surface area (Å²) in [6.45, 7) is 2.63. The van der Waals surface area contributed by atoms with E-state index in [1.807, 2.05) is 30.3 Å². The average molecular weight is 506 g/mol. The second-order valence-corrected chi connectivity index (χ2v) is 8.56. The Morgan fingerprint density at radius 2 is 1.84 bits per heavy atom. The highest BCUT2D eigenvalue weighted by atomic mass is 79.9. The Bertz CT molecular complexity index is 917. The Balaban J connectivity index is 1.94. The first-order valence-corrected chi connectivity index (χ1v) is 11.3. The normalized spacial score (nSPS) is 10.3. The molecular formula is C23H28BrN3O3S. The van der Waals surface area contributed by atoms with Crippen LogP contribution in [0.5, 0.6) is 5.75 Å². The third-order valence-electron chi connectivity index (χ3n) is 4.51. The van der Waals surface area contributed by atoms with Gasteiger partial charge in [-0.05, 0) is 61.0 Å². The summed E-state index contributed by atoms with van der Waals surface area (Å²) in [7, 11) is 3.50. The van der Waals surface area contributed by atoms with E-state index in [0.717, 1.165) is 28.6 Å². The average Bonchev–Trinajstić information content (AvgIpc) is 2.73. The number of thiocarbonyl (C=S) groups is 1. The van der Waals surface area contributed by atoms with Crippen LogP contribution >= 0.6 is 28.1 Å². The van der Waals surface area contributed by atoms with Gasteiger partial charge in [0.2, 0.25) is 5.91 Å². The van der Waals surface area contributed by atoms with Gasteiger partial charge in [-0.1, -0.05) is 41.4 Å². The number of ether oxygens (including phenoxy) is 1. The molecule has 0 aliphatic carbocycles. The molecule has 2 aromatic rings. The van der Waals surface area contributed by atoms with Gasteiger partial charge in [0, 0.05) is 30.7 Å². The summed E-state index contributed by atoms with van der Waals surface area (Å²) in [6.07, 6.45) is 3.05. The molecule has 0 heterocycles. The Morgan fingerprint density at radius 3 is 2.48 bits per heavy atom. The highest BCUT2D eigenvalue weighted by Crippen LogP contribution is 2.23. The molecular weight excluding hydrogens is 478 g/mol. The number of aryl methyl sites for hydroxylation is 1. The SMILES string of the molecule is CCCCOc1ccc(Br)cc1C(=O)NC(=S)Nc1ccc(CCC(=O)N(C)C)cc1. The number of halogens is 1. The zero-order chi connectivity index (χ0) is 22.8. The Kier molecular flexibility index (Phi) is 9.94. The fourth-order valence-corrected chi connectivity index (χ4v) is 3.27. The van der Waals surface area contributed by atoms with Crippen molar-refractivity contribution in [1.82, 2.24) is 10.2 Å². The summed E-state index contributed by atoms with van der Waals surface area (Å²) in [5.41, 5.74) is 2.22. The van der Waals surface area contributed by atoms with Crippen LogP contribution in [0, 0.1) is 0 Å². The van der Waals surface area contributed by atoms with E-state index >= 15 is 0 Å². The molecule has 0 aromatic heterocycles. The second-order valence-electron chi connectivity index (χ2n) is 7.24. The standard InChI is InChI=1S/C23H28BrN3O3S/c1-4-5-14-30-20-12-9-17(24)15-19(20)22(29)26-23(31)25-18-10-6-16(7-11-18)8-13-21(28)27(2)3/h6-7,9-12,15H,4-5,8,13-14H2,1-3H3,(H2,25,26,29,31). The second kappa shape index (κ2) is 12.4. The minimum atomic E-state index is -0.343. The Labute approximate surface area is 197 Å². The molecule has 6 nitrogen and oxygen atoms in total. The van der Waals surface area contributed by atoms with Gasteiger partial charge >= 0.3 is 0 Å². The molecule has 0 radical (unpaired) electrons. The molecule has 0 atom stereocenters. The van der Waals surface area contributed by atoms with Gasteiger partial charge in [0.05, 0.1) is 12.2 Å². The molecule has 0 bridgehead atoms. The van der Waals surface area contributed by atoms with Crippen molar-refractivity contribution in [3.8, 4) is 5.75 Å². The van der Waals surface area contributed by atoms with E-state index < -0.39 is 0 Å². The molecule has 2 rings (SSSR count). The summed E-state index contributed by atoms with van der Waals surface area (Å²) in [5, 5.41) is 5.91. The first-order chi connectivity index (χ1) is 14.8. The number of hydrogen-bond donors (Lipinski definition) is 2. The van der Waals surface area contributed by atoms with E-state index in [1.165, 1.54) is 0 Å². The zero-order valence-corrected chi connectivity index (χ0v) is 20.4. The summed E-state index contributed by atoms with van der Waals surface area (Å²) < 4.78 is 6.53. The molecule has 31 heavy (non-hydrogen) atoms. The fraction of sp³-hybridized carbons (Fsp3) is 0.348. The van der Waals surface area contributed by atoms with Gasteiger partial charge in [-0.2, -0.15) is 0 Å². The van der Waals surface area contributed by atoms with Gasteiger partial charge in [0.25, 0.3) is 5.91 Å². The lowest BCUT2D eigenvalue weighted by Gasteiger charge is -2.14. The number of anilines is 1. The van der Waals surface area contributed by atoms with Crippen LogP contribution in [0.25, 0.3) is 0 Å². The highest BCUT2D eigenvalue weighted by molar-refractivity contribution is 9.10. The largest absolute Gasteiger partial charge is 0.493 e. The zero-order valence-electron chi connectivity index (χ0n) is 18.0. The van der Waals surface area contributed by atoms with E-state index in [9.17, 15) is 9.59 Å². The summed E-state index contributed by atoms with van der Waals surface area (Å²) >= 11 is 8.69. The summed E-state index contributed by atoms with van der Waals surface area (Å²) in [6, 6.07) is 12.9. The van der Waals surface area contributed by atoms with E-state index in [-0.39, 0.29) is 16.9 Å².